The lowest BCUT2D eigenvalue weighted by atomic mass is 10.2. The topological polar surface area (TPSA) is 55.4 Å². The molecule has 7 heteroatoms. The van der Waals surface area contributed by atoms with E-state index in [0.29, 0.717) is 0 Å². The van der Waals surface area contributed by atoms with Crippen molar-refractivity contribution in [3.8, 4) is 0 Å². The van der Waals surface area contributed by atoms with E-state index in [2.05, 4.69) is 5.32 Å². The first-order chi connectivity index (χ1) is 11.0. The highest BCUT2D eigenvalue weighted by Gasteiger charge is 2.13. The van der Waals surface area contributed by atoms with Crippen molar-refractivity contribution in [1.29, 1.82) is 0 Å². The van der Waals surface area contributed by atoms with Crippen molar-refractivity contribution < 1.29 is 23.1 Å². The Morgan fingerprint density at radius 3 is 2.39 bits per heavy atom. The van der Waals surface area contributed by atoms with Crippen LogP contribution in [0.1, 0.15) is 15.9 Å². The third kappa shape index (κ3) is 5.03. The summed E-state index contributed by atoms with van der Waals surface area (Å²) in [5, 5.41) is 2.61. The molecule has 0 heterocycles. The number of benzene rings is 2. The third-order valence-corrected chi connectivity index (χ3v) is 3.17. The minimum absolute atomic E-state index is 0.0862. The van der Waals surface area contributed by atoms with Gasteiger partial charge in [-0.3, -0.25) is 4.79 Å². The smallest absolute Gasteiger partial charge is 0.340 e. The summed E-state index contributed by atoms with van der Waals surface area (Å²) >= 11 is 5.83. The third-order valence-electron chi connectivity index (χ3n) is 2.84. The Balaban J connectivity index is 1.83. The molecule has 4 nitrogen and oxygen atoms in total. The molecule has 1 amide bonds. The molecular weight excluding hydrogens is 328 g/mol. The van der Waals surface area contributed by atoms with E-state index in [9.17, 15) is 18.4 Å². The molecule has 0 saturated heterocycles. The van der Waals surface area contributed by atoms with E-state index in [1.165, 1.54) is 12.1 Å². The predicted molar refractivity (Wildman–Crippen MR) is 79.9 cm³/mol. The Labute approximate surface area is 136 Å². The largest absolute Gasteiger partial charge is 0.452 e. The van der Waals surface area contributed by atoms with Gasteiger partial charge in [0.2, 0.25) is 0 Å². The van der Waals surface area contributed by atoms with E-state index in [1.54, 1.807) is 12.1 Å². The summed E-state index contributed by atoms with van der Waals surface area (Å²) in [6.07, 6.45) is 0. The van der Waals surface area contributed by atoms with Crippen molar-refractivity contribution in [3.05, 3.63) is 70.2 Å². The molecule has 23 heavy (non-hydrogen) atoms. The van der Waals surface area contributed by atoms with Gasteiger partial charge in [-0.15, -0.1) is 0 Å². The first-order valence-corrected chi connectivity index (χ1v) is 6.97. The van der Waals surface area contributed by atoms with Crippen molar-refractivity contribution in [2.45, 2.75) is 6.54 Å². The average Bonchev–Trinajstić information content (AvgIpc) is 2.50. The van der Waals surface area contributed by atoms with Gasteiger partial charge in [0.1, 0.15) is 11.6 Å². The number of hydrogen-bond acceptors (Lipinski definition) is 3. The van der Waals surface area contributed by atoms with Crippen LogP contribution in [0.5, 0.6) is 0 Å². The maximum Gasteiger partial charge on any atom is 0.340 e. The summed E-state index contributed by atoms with van der Waals surface area (Å²) in [6, 6.07) is 9.19. The highest BCUT2D eigenvalue weighted by molar-refractivity contribution is 6.33. The molecule has 0 aliphatic heterocycles. The van der Waals surface area contributed by atoms with E-state index >= 15 is 0 Å². The van der Waals surface area contributed by atoms with E-state index in [0.717, 1.165) is 18.2 Å². The van der Waals surface area contributed by atoms with E-state index in [-0.39, 0.29) is 22.7 Å². The Hall–Kier alpha value is -2.47. The number of carbonyl (C=O) groups excluding carboxylic acids is 2. The molecule has 2 aromatic carbocycles. The van der Waals surface area contributed by atoms with E-state index < -0.39 is 30.1 Å². The van der Waals surface area contributed by atoms with Crippen molar-refractivity contribution >= 4 is 23.5 Å². The van der Waals surface area contributed by atoms with Crippen LogP contribution in [0.2, 0.25) is 5.02 Å². The summed E-state index contributed by atoms with van der Waals surface area (Å²) in [5.41, 5.74) is 0.405. The van der Waals surface area contributed by atoms with Crippen LogP contribution in [-0.4, -0.2) is 18.5 Å². The lowest BCUT2D eigenvalue weighted by Gasteiger charge is -2.08. The highest BCUT2D eigenvalue weighted by Crippen LogP contribution is 2.15. The molecule has 0 unspecified atom stereocenters. The second kappa shape index (κ2) is 7.69. The van der Waals surface area contributed by atoms with Crippen LogP contribution in [0.4, 0.5) is 8.78 Å². The average molecular weight is 340 g/mol. The van der Waals surface area contributed by atoms with Crippen LogP contribution in [-0.2, 0) is 16.1 Å². The molecule has 120 valence electrons. The predicted octanol–water partition coefficient (Wildman–Crippen LogP) is 3.09. The van der Waals surface area contributed by atoms with Gasteiger partial charge < -0.3 is 10.1 Å². The molecule has 0 aliphatic carbocycles. The maximum absolute atomic E-state index is 13.0. The molecular formula is C16H12ClF2NO3. The molecule has 2 rings (SSSR count). The fourth-order valence-electron chi connectivity index (χ4n) is 1.80. The number of amides is 1. The van der Waals surface area contributed by atoms with Crippen LogP contribution < -0.4 is 5.32 Å². The Bertz CT molecular complexity index is 717. The summed E-state index contributed by atoms with van der Waals surface area (Å²) in [4.78, 5) is 23.3. The number of esters is 1. The van der Waals surface area contributed by atoms with Gasteiger partial charge in [-0.25, -0.2) is 13.6 Å². The van der Waals surface area contributed by atoms with Crippen LogP contribution in [0, 0.1) is 11.6 Å². The van der Waals surface area contributed by atoms with Gasteiger partial charge >= 0.3 is 5.97 Å². The Kier molecular flexibility index (Phi) is 5.65. The second-order valence-corrected chi connectivity index (χ2v) is 5.02. The summed E-state index contributed by atoms with van der Waals surface area (Å²) in [6.45, 7) is -0.612. The van der Waals surface area contributed by atoms with Gasteiger partial charge in [-0.2, -0.15) is 0 Å². The van der Waals surface area contributed by atoms with Gasteiger partial charge in [-0.1, -0.05) is 23.7 Å². The normalized spacial score (nSPS) is 10.2. The number of halogens is 3. The zero-order chi connectivity index (χ0) is 16.8. The van der Waals surface area contributed by atoms with E-state index in [1.807, 2.05) is 0 Å². The Morgan fingerprint density at radius 2 is 1.74 bits per heavy atom. The molecule has 0 saturated carbocycles. The monoisotopic (exact) mass is 339 g/mol. The minimum atomic E-state index is -0.737. The lowest BCUT2D eigenvalue weighted by molar-refractivity contribution is -0.124. The van der Waals surface area contributed by atoms with Crippen molar-refractivity contribution in [1.82, 2.24) is 5.32 Å². The molecule has 0 fully saturated rings. The van der Waals surface area contributed by atoms with Gasteiger partial charge in [0, 0.05) is 12.6 Å². The minimum Gasteiger partial charge on any atom is -0.452 e. The zero-order valence-corrected chi connectivity index (χ0v) is 12.6. The van der Waals surface area contributed by atoms with Crippen LogP contribution in [0.15, 0.2) is 42.5 Å². The molecule has 2 aromatic rings. The van der Waals surface area contributed by atoms with Gasteiger partial charge in [0.25, 0.3) is 5.91 Å². The summed E-state index contributed by atoms with van der Waals surface area (Å²) < 4.78 is 30.8. The van der Waals surface area contributed by atoms with Gasteiger partial charge in [-0.05, 0) is 29.8 Å². The molecule has 0 bridgehead atoms. The van der Waals surface area contributed by atoms with E-state index in [4.69, 9.17) is 16.3 Å². The fourth-order valence-corrected chi connectivity index (χ4v) is 2.01. The second-order valence-electron chi connectivity index (χ2n) is 4.61. The van der Waals surface area contributed by atoms with Crippen molar-refractivity contribution in [2.75, 3.05) is 6.61 Å². The number of carbonyl (C=O) groups is 2. The van der Waals surface area contributed by atoms with Crippen molar-refractivity contribution in [3.63, 3.8) is 0 Å². The molecule has 0 aliphatic rings. The first-order valence-electron chi connectivity index (χ1n) is 6.59. The van der Waals surface area contributed by atoms with Gasteiger partial charge in [0.15, 0.2) is 6.61 Å². The fraction of sp³-hybridized carbons (Fsp3) is 0.125. The maximum atomic E-state index is 13.0. The number of ether oxygens (including phenoxy) is 1. The number of rotatable bonds is 5. The van der Waals surface area contributed by atoms with Gasteiger partial charge in [0.05, 0.1) is 10.6 Å². The van der Waals surface area contributed by atoms with Crippen molar-refractivity contribution in [2.24, 2.45) is 0 Å². The van der Waals surface area contributed by atoms with Crippen LogP contribution in [0.25, 0.3) is 0 Å². The molecule has 0 aromatic heterocycles. The SMILES string of the molecule is O=C(COC(=O)c1ccccc1Cl)NCc1cc(F)cc(F)c1. The molecule has 0 atom stereocenters. The summed E-state index contributed by atoms with van der Waals surface area (Å²) in [5.74, 6) is -2.81. The highest BCUT2D eigenvalue weighted by atomic mass is 35.5. The number of nitrogens with one attached hydrogen (secondary N) is 1. The lowest BCUT2D eigenvalue weighted by Crippen LogP contribution is -2.28. The van der Waals surface area contributed by atoms with Crippen LogP contribution >= 0.6 is 11.6 Å². The first kappa shape index (κ1) is 16.9. The Morgan fingerprint density at radius 1 is 1.09 bits per heavy atom. The quantitative estimate of drug-likeness (QED) is 0.852. The number of hydrogen-bond donors (Lipinski definition) is 1. The molecule has 0 spiro atoms. The summed E-state index contributed by atoms with van der Waals surface area (Å²) in [7, 11) is 0. The zero-order valence-electron chi connectivity index (χ0n) is 11.8. The standard InChI is InChI=1S/C16H12ClF2NO3/c17-14-4-2-1-3-13(14)16(22)23-9-15(21)20-8-10-5-11(18)7-12(19)6-10/h1-7H,8-9H2,(H,20,21). The molecule has 0 radical (unpaired) electrons. The van der Waals surface area contributed by atoms with Crippen LogP contribution in [0.3, 0.4) is 0 Å². The molecule has 1 N–H and O–H groups in total.